The van der Waals surface area contributed by atoms with Crippen LogP contribution in [0.3, 0.4) is 0 Å². The first-order valence-electron chi connectivity index (χ1n) is 8.40. The number of anilines is 1. The van der Waals surface area contributed by atoms with E-state index in [0.717, 1.165) is 6.07 Å². The predicted molar refractivity (Wildman–Crippen MR) is 88.9 cm³/mol. The van der Waals surface area contributed by atoms with E-state index in [-0.39, 0.29) is 29.6 Å². The summed E-state index contributed by atoms with van der Waals surface area (Å²) in [6, 6.07) is 3.84. The van der Waals surface area contributed by atoms with E-state index >= 15 is 0 Å². The zero-order valence-corrected chi connectivity index (χ0v) is 14.7. The van der Waals surface area contributed by atoms with Gasteiger partial charge >= 0.3 is 6.18 Å². The number of carbonyl (C=O) groups is 1. The van der Waals surface area contributed by atoms with Gasteiger partial charge in [-0.05, 0) is 37.5 Å². The summed E-state index contributed by atoms with van der Waals surface area (Å²) in [4.78, 5) is 13.5. The number of piperidine rings is 1. The molecule has 0 bridgehead atoms. The van der Waals surface area contributed by atoms with Crippen LogP contribution in [-0.2, 0) is 17.5 Å². The van der Waals surface area contributed by atoms with Gasteiger partial charge in [-0.2, -0.15) is 13.2 Å². The largest absolute Gasteiger partial charge is 0.416 e. The highest BCUT2D eigenvalue weighted by atomic mass is 19.4. The lowest BCUT2D eigenvalue weighted by Gasteiger charge is -2.34. The van der Waals surface area contributed by atoms with Gasteiger partial charge in [-0.15, -0.1) is 0 Å². The van der Waals surface area contributed by atoms with Crippen LogP contribution in [0.5, 0.6) is 0 Å². The van der Waals surface area contributed by atoms with Crippen LogP contribution in [0.15, 0.2) is 18.2 Å². The third kappa shape index (κ3) is 5.42. The average molecular weight is 360 g/mol. The number of amides is 1. The minimum absolute atomic E-state index is 0.114. The van der Waals surface area contributed by atoms with Crippen LogP contribution in [0.25, 0.3) is 0 Å². The van der Waals surface area contributed by atoms with Crippen LogP contribution in [0.1, 0.15) is 44.7 Å². The smallest absolute Gasteiger partial charge is 0.326 e. The molecule has 1 aliphatic rings. The predicted octanol–water partition coefficient (Wildman–Crippen LogP) is 4.62. The Bertz CT molecular complexity index is 616. The van der Waals surface area contributed by atoms with Crippen molar-refractivity contribution in [1.29, 1.82) is 0 Å². The van der Waals surface area contributed by atoms with Crippen molar-refractivity contribution < 1.29 is 22.4 Å². The van der Waals surface area contributed by atoms with Crippen molar-refractivity contribution >= 4 is 11.6 Å². The summed E-state index contributed by atoms with van der Waals surface area (Å²) in [5.74, 6) is -0.656. The molecule has 1 amide bonds. The number of likely N-dealkylation sites (tertiary alicyclic amines) is 1. The Kier molecular flexibility index (Phi) is 5.76. The second kappa shape index (κ2) is 7.32. The van der Waals surface area contributed by atoms with Gasteiger partial charge in [0, 0.05) is 31.2 Å². The second-order valence-electron chi connectivity index (χ2n) is 7.20. The van der Waals surface area contributed by atoms with Gasteiger partial charge in [0.15, 0.2) is 0 Å². The van der Waals surface area contributed by atoms with E-state index in [2.05, 4.69) is 5.32 Å². The highest BCUT2D eigenvalue weighted by molar-refractivity contribution is 5.92. The lowest BCUT2D eigenvalue weighted by atomic mass is 9.95. The van der Waals surface area contributed by atoms with E-state index in [9.17, 15) is 22.4 Å². The van der Waals surface area contributed by atoms with Crippen LogP contribution >= 0.6 is 0 Å². The molecule has 0 unspecified atom stereocenters. The van der Waals surface area contributed by atoms with E-state index in [0.29, 0.717) is 25.9 Å². The second-order valence-corrected chi connectivity index (χ2v) is 7.20. The van der Waals surface area contributed by atoms with Gasteiger partial charge in [0.05, 0.1) is 5.56 Å². The van der Waals surface area contributed by atoms with E-state index in [1.54, 1.807) is 13.8 Å². The number of rotatable bonds is 4. The number of carbonyl (C=O) groups excluding carboxylic acids is 1. The summed E-state index contributed by atoms with van der Waals surface area (Å²) >= 11 is 0. The van der Waals surface area contributed by atoms with Crippen molar-refractivity contribution in [2.75, 3.05) is 18.4 Å². The first-order valence-corrected chi connectivity index (χ1v) is 8.40. The highest BCUT2D eigenvalue weighted by Crippen LogP contribution is 2.35. The van der Waals surface area contributed by atoms with E-state index < -0.39 is 17.4 Å². The lowest BCUT2D eigenvalue weighted by molar-refractivity contribution is -0.138. The molecule has 0 atom stereocenters. The quantitative estimate of drug-likeness (QED) is 0.795. The molecule has 0 radical (unpaired) electrons. The van der Waals surface area contributed by atoms with Gasteiger partial charge < -0.3 is 5.32 Å². The van der Waals surface area contributed by atoms with E-state index in [1.165, 1.54) is 19.1 Å². The number of benzene rings is 1. The highest BCUT2D eigenvalue weighted by Gasteiger charge is 2.35. The fourth-order valence-electron chi connectivity index (χ4n) is 2.76. The Morgan fingerprint density at radius 2 is 1.88 bits per heavy atom. The summed E-state index contributed by atoms with van der Waals surface area (Å²) in [7, 11) is 0. The SMILES string of the molecule is CC(C)C(=O)Nc1ccc(CN2CCC(C)(F)CC2)c(C(F)(F)F)c1. The minimum atomic E-state index is -4.52. The normalized spacial score (nSPS) is 18.4. The molecule has 3 nitrogen and oxygen atoms in total. The standard InChI is InChI=1S/C18H24F4N2O/c1-12(2)16(25)23-14-5-4-13(15(10-14)18(20,21)22)11-24-8-6-17(3,19)7-9-24/h4-5,10,12H,6-9,11H2,1-3H3,(H,23,25). The van der Waals surface area contributed by atoms with Gasteiger partial charge in [-0.1, -0.05) is 19.9 Å². The third-order valence-corrected chi connectivity index (χ3v) is 4.50. The van der Waals surface area contributed by atoms with Crippen LogP contribution in [-0.4, -0.2) is 29.6 Å². The molecule has 0 aromatic heterocycles. The fraction of sp³-hybridized carbons (Fsp3) is 0.611. The monoisotopic (exact) mass is 360 g/mol. The van der Waals surface area contributed by atoms with E-state index in [1.807, 2.05) is 4.90 Å². The summed E-state index contributed by atoms with van der Waals surface area (Å²) in [6.07, 6.45) is -3.88. The van der Waals surface area contributed by atoms with Crippen molar-refractivity contribution in [2.45, 2.75) is 52.0 Å². The number of nitrogens with zero attached hydrogens (tertiary/aromatic N) is 1. The topological polar surface area (TPSA) is 32.3 Å². The maximum absolute atomic E-state index is 13.8. The minimum Gasteiger partial charge on any atom is -0.326 e. The average Bonchev–Trinajstić information content (AvgIpc) is 2.49. The van der Waals surface area contributed by atoms with Crippen molar-refractivity contribution in [3.8, 4) is 0 Å². The zero-order valence-electron chi connectivity index (χ0n) is 14.7. The molecular weight excluding hydrogens is 336 g/mol. The van der Waals surface area contributed by atoms with Crippen molar-refractivity contribution in [2.24, 2.45) is 5.92 Å². The Labute approximate surface area is 145 Å². The summed E-state index contributed by atoms with van der Waals surface area (Å²) < 4.78 is 54.1. The summed E-state index contributed by atoms with van der Waals surface area (Å²) in [6.45, 7) is 5.83. The maximum Gasteiger partial charge on any atom is 0.416 e. The van der Waals surface area contributed by atoms with E-state index in [4.69, 9.17) is 0 Å². The molecule has 1 saturated heterocycles. The van der Waals surface area contributed by atoms with Gasteiger partial charge in [0.25, 0.3) is 0 Å². The zero-order chi connectivity index (χ0) is 18.8. The van der Waals surface area contributed by atoms with Crippen molar-refractivity contribution in [3.63, 3.8) is 0 Å². The lowest BCUT2D eigenvalue weighted by Crippen LogP contribution is -2.39. The first-order chi connectivity index (χ1) is 11.5. The van der Waals surface area contributed by atoms with Crippen LogP contribution in [0, 0.1) is 5.92 Å². The molecule has 2 rings (SSSR count). The Morgan fingerprint density at radius 3 is 2.40 bits per heavy atom. The molecule has 25 heavy (non-hydrogen) atoms. The fourth-order valence-corrected chi connectivity index (χ4v) is 2.76. The first kappa shape index (κ1) is 19.7. The summed E-state index contributed by atoms with van der Waals surface area (Å²) in [5.41, 5.74) is -1.74. The number of halogens is 4. The van der Waals surface area contributed by atoms with Gasteiger partial charge in [-0.3, -0.25) is 9.69 Å². The van der Waals surface area contributed by atoms with Crippen LogP contribution in [0.2, 0.25) is 0 Å². The molecule has 140 valence electrons. The molecular formula is C18H24F4N2O. The number of nitrogens with one attached hydrogen (secondary N) is 1. The molecule has 0 saturated carbocycles. The maximum atomic E-state index is 13.8. The molecule has 0 aliphatic carbocycles. The molecule has 0 spiro atoms. The molecule has 1 fully saturated rings. The molecule has 1 heterocycles. The molecule has 1 aromatic rings. The molecule has 1 aliphatic heterocycles. The Balaban J connectivity index is 2.19. The number of hydrogen-bond acceptors (Lipinski definition) is 2. The van der Waals surface area contributed by atoms with Crippen molar-refractivity contribution in [3.05, 3.63) is 29.3 Å². The van der Waals surface area contributed by atoms with Crippen LogP contribution in [0.4, 0.5) is 23.2 Å². The molecule has 1 aromatic carbocycles. The van der Waals surface area contributed by atoms with Gasteiger partial charge in [-0.25, -0.2) is 4.39 Å². The molecule has 7 heteroatoms. The van der Waals surface area contributed by atoms with Crippen LogP contribution < -0.4 is 5.32 Å². The Morgan fingerprint density at radius 1 is 1.28 bits per heavy atom. The van der Waals surface area contributed by atoms with Gasteiger partial charge in [0.2, 0.25) is 5.91 Å². The summed E-state index contributed by atoms with van der Waals surface area (Å²) in [5, 5.41) is 2.49. The van der Waals surface area contributed by atoms with Gasteiger partial charge in [0.1, 0.15) is 5.67 Å². The molecule has 1 N–H and O–H groups in total. The number of alkyl halides is 4. The number of hydrogen-bond donors (Lipinski definition) is 1. The third-order valence-electron chi connectivity index (χ3n) is 4.50. The Hall–Kier alpha value is -1.63. The van der Waals surface area contributed by atoms with Crippen molar-refractivity contribution in [1.82, 2.24) is 4.90 Å².